The van der Waals surface area contributed by atoms with Gasteiger partial charge in [0.2, 0.25) is 5.91 Å². The van der Waals surface area contributed by atoms with Crippen LogP contribution in [-0.2, 0) is 30.2 Å². The van der Waals surface area contributed by atoms with Crippen molar-refractivity contribution < 1.29 is 45.1 Å². The van der Waals surface area contributed by atoms with Crippen LogP contribution in [0.5, 0.6) is 0 Å². The number of β-lactam (4-membered cyclic amide) rings is 1. The summed E-state index contributed by atoms with van der Waals surface area (Å²) < 4.78 is 63.2. The summed E-state index contributed by atoms with van der Waals surface area (Å²) in [5.74, 6) is -2.43. The average molecular weight is 532 g/mol. The highest BCUT2D eigenvalue weighted by Crippen LogP contribution is 2.26. The van der Waals surface area contributed by atoms with E-state index in [-0.39, 0.29) is 14.2 Å². The van der Waals surface area contributed by atoms with Crippen LogP contribution in [0.25, 0.3) is 10.4 Å². The van der Waals surface area contributed by atoms with Gasteiger partial charge in [-0.25, -0.2) is 18.8 Å². The van der Waals surface area contributed by atoms with Crippen molar-refractivity contribution in [2.75, 3.05) is 13.1 Å². The maximum Gasteiger partial charge on any atom is 0.363 e. The minimum absolute atomic E-state index is 0.0333. The smallest absolute Gasteiger partial charge is 0.340 e. The van der Waals surface area contributed by atoms with E-state index in [0.29, 0.717) is 4.90 Å². The third-order valence-corrected chi connectivity index (χ3v) is 6.68. The molecule has 4 N–H and O–H groups in total. The Morgan fingerprint density at radius 2 is 1.71 bits per heavy atom. The largest absolute Gasteiger partial charge is 0.363 e. The van der Waals surface area contributed by atoms with Crippen LogP contribution in [0.4, 0.5) is 9.59 Å². The van der Waals surface area contributed by atoms with Crippen molar-refractivity contribution in [1.29, 1.82) is 0 Å². The van der Waals surface area contributed by atoms with Crippen molar-refractivity contribution in [1.82, 2.24) is 24.1 Å². The molecule has 0 aromatic heterocycles. The van der Waals surface area contributed by atoms with E-state index in [4.69, 9.17) is 14.6 Å². The van der Waals surface area contributed by atoms with Crippen LogP contribution in [0.2, 0.25) is 0 Å². The second-order valence-electron chi connectivity index (χ2n) is 6.99. The molecule has 1 aromatic carbocycles. The minimum Gasteiger partial charge on any atom is -0.340 e. The topological polar surface area (TPSA) is 260 Å². The number of carbonyl (C=O) groups is 4. The number of rotatable bonds is 7. The zero-order chi connectivity index (χ0) is 26.1. The fourth-order valence-corrected chi connectivity index (χ4v) is 4.69. The van der Waals surface area contributed by atoms with Crippen molar-refractivity contribution in [2.24, 2.45) is 5.11 Å². The number of nitrogens with one attached hydrogen (secondary N) is 2. The minimum atomic E-state index is -5.10. The van der Waals surface area contributed by atoms with Gasteiger partial charge in [-0.1, -0.05) is 35.4 Å². The van der Waals surface area contributed by atoms with Gasteiger partial charge in [-0.05, 0) is 11.1 Å². The Hall–Kier alpha value is -3.97. The highest BCUT2D eigenvalue weighted by Gasteiger charge is 2.54. The molecule has 20 heteroatoms. The van der Waals surface area contributed by atoms with E-state index >= 15 is 0 Å². The third-order valence-electron chi connectivity index (χ3n) is 4.90. The molecule has 3 atom stereocenters. The molecule has 1 unspecified atom stereocenters. The molecule has 188 valence electrons. The maximum atomic E-state index is 13.0. The molecule has 35 heavy (non-hydrogen) atoms. The van der Waals surface area contributed by atoms with Crippen LogP contribution in [0.15, 0.2) is 35.4 Å². The highest BCUT2D eigenvalue weighted by molar-refractivity contribution is 7.84. The van der Waals surface area contributed by atoms with Gasteiger partial charge in [-0.15, -0.1) is 0 Å². The molecular formula is C15H16N8O10S2. The molecule has 0 spiro atoms. The van der Waals surface area contributed by atoms with Gasteiger partial charge in [0.15, 0.2) is 6.17 Å². The van der Waals surface area contributed by atoms with Crippen LogP contribution in [0, 0.1) is 0 Å². The molecule has 18 nitrogen and oxygen atoms in total. The van der Waals surface area contributed by atoms with Crippen molar-refractivity contribution >= 4 is 44.5 Å². The summed E-state index contributed by atoms with van der Waals surface area (Å²) in [6, 6.07) is 1.40. The number of imide groups is 1. The van der Waals surface area contributed by atoms with Crippen molar-refractivity contribution in [3.8, 4) is 0 Å². The number of nitrogens with zero attached hydrogens (tertiary/aromatic N) is 6. The molecular weight excluding hydrogens is 516 g/mol. The molecule has 2 saturated heterocycles. The summed E-state index contributed by atoms with van der Waals surface area (Å²) in [6.45, 7) is -0.986. The molecule has 0 bridgehead atoms. The number of carbonyl (C=O) groups excluding carboxylic acids is 4. The lowest BCUT2D eigenvalue weighted by Crippen LogP contribution is -2.71. The van der Waals surface area contributed by atoms with Crippen molar-refractivity contribution in [3.63, 3.8) is 0 Å². The number of hydrogen-bond acceptors (Lipinski definition) is 9. The Morgan fingerprint density at radius 3 is 2.23 bits per heavy atom. The predicted molar refractivity (Wildman–Crippen MR) is 111 cm³/mol. The first-order valence-corrected chi connectivity index (χ1v) is 12.1. The number of hydrogen-bond donors (Lipinski definition) is 4. The van der Waals surface area contributed by atoms with E-state index in [1.54, 1.807) is 6.07 Å². The van der Waals surface area contributed by atoms with Crippen molar-refractivity contribution in [3.05, 3.63) is 46.3 Å². The lowest BCUT2D eigenvalue weighted by Gasteiger charge is -2.41. The Labute approximate surface area is 196 Å². The molecule has 0 saturated carbocycles. The van der Waals surface area contributed by atoms with Crippen LogP contribution in [0.3, 0.4) is 0 Å². The fraction of sp³-hybridized carbons (Fsp3) is 0.333. The predicted octanol–water partition coefficient (Wildman–Crippen LogP) is -1.26. The van der Waals surface area contributed by atoms with E-state index in [9.17, 15) is 36.0 Å². The molecule has 0 aliphatic carbocycles. The van der Waals surface area contributed by atoms with Crippen molar-refractivity contribution in [2.45, 2.75) is 18.2 Å². The van der Waals surface area contributed by atoms with Gasteiger partial charge in [0, 0.05) is 4.91 Å². The van der Waals surface area contributed by atoms with Gasteiger partial charge in [0.05, 0.1) is 13.1 Å². The van der Waals surface area contributed by atoms with Gasteiger partial charge >= 0.3 is 32.7 Å². The summed E-state index contributed by atoms with van der Waals surface area (Å²) in [6.07, 6.45) is -1.83. The van der Waals surface area contributed by atoms with Crippen LogP contribution >= 0.6 is 0 Å². The first kappa shape index (κ1) is 25.6. The van der Waals surface area contributed by atoms with Crippen LogP contribution in [-0.4, -0.2) is 88.6 Å². The quantitative estimate of drug-likeness (QED) is 0.106. The molecule has 0 radical (unpaired) electrons. The average Bonchev–Trinajstić information content (AvgIpc) is 3.17. The number of benzene rings is 1. The molecule has 2 aliphatic heterocycles. The monoisotopic (exact) mass is 532 g/mol. The van der Waals surface area contributed by atoms with Gasteiger partial charge in [-0.3, -0.25) is 18.7 Å². The SMILES string of the molecule is [N-]=[N+]=N[C@H]1[C@H](NC(=O)C(NC(=O)N2CCN(S(=O)(=O)O)C2=O)c2ccccc2)C(=O)N1S(=O)(=O)O. The lowest BCUT2D eigenvalue weighted by molar-refractivity contribution is -0.145. The maximum absolute atomic E-state index is 13.0. The summed E-state index contributed by atoms with van der Waals surface area (Å²) in [5, 5.41) is 7.36. The molecule has 2 fully saturated rings. The summed E-state index contributed by atoms with van der Waals surface area (Å²) >= 11 is 0. The summed E-state index contributed by atoms with van der Waals surface area (Å²) in [7, 11) is -10.0. The summed E-state index contributed by atoms with van der Waals surface area (Å²) in [4.78, 5) is 52.7. The van der Waals surface area contributed by atoms with E-state index < -0.39 is 75.8 Å². The number of azide groups is 1. The lowest BCUT2D eigenvalue weighted by atomic mass is 10.0. The van der Waals surface area contributed by atoms with Gasteiger partial charge < -0.3 is 10.6 Å². The van der Waals surface area contributed by atoms with Gasteiger partial charge in [0.25, 0.3) is 5.91 Å². The molecule has 1 aromatic rings. The zero-order valence-electron chi connectivity index (χ0n) is 17.2. The molecule has 3 rings (SSSR count). The zero-order valence-corrected chi connectivity index (χ0v) is 18.8. The fourth-order valence-electron chi connectivity index (χ4n) is 3.30. The number of amides is 6. The van der Waals surface area contributed by atoms with Crippen LogP contribution < -0.4 is 10.6 Å². The summed E-state index contributed by atoms with van der Waals surface area (Å²) in [5.41, 5.74) is 8.76. The Kier molecular flexibility index (Phi) is 6.85. The molecule has 6 amide bonds. The second-order valence-corrected chi connectivity index (χ2v) is 9.62. The van der Waals surface area contributed by atoms with Gasteiger partial charge in [0.1, 0.15) is 12.1 Å². The second kappa shape index (κ2) is 9.35. The Balaban J connectivity index is 1.83. The van der Waals surface area contributed by atoms with E-state index in [2.05, 4.69) is 20.7 Å². The van der Waals surface area contributed by atoms with E-state index in [0.717, 1.165) is 0 Å². The normalized spacial score (nSPS) is 21.1. The Morgan fingerprint density at radius 1 is 1.09 bits per heavy atom. The third kappa shape index (κ3) is 5.10. The van der Waals surface area contributed by atoms with E-state index in [1.165, 1.54) is 24.3 Å². The molecule has 2 aliphatic rings. The first-order valence-electron chi connectivity index (χ1n) is 9.34. The van der Waals surface area contributed by atoms with Crippen LogP contribution in [0.1, 0.15) is 11.6 Å². The number of urea groups is 2. The standard InChI is InChI=1S/C15H16N8O10S2/c16-20-19-11-10(13(25)23(11)35(31,32)33)17-12(24)9(8-4-2-1-3-5-8)18-14(26)21-6-7-22(15(21)27)34(28,29)30/h1-5,9-11H,6-7H2,(H,17,24)(H,18,26)(H,28,29,30)(H,31,32,33)/t9?,10-,11+/m0/s1. The highest BCUT2D eigenvalue weighted by atomic mass is 32.2. The Bertz CT molecular complexity index is 1330. The first-order chi connectivity index (χ1) is 16.3. The van der Waals surface area contributed by atoms with Gasteiger partial charge in [-0.2, -0.15) is 21.1 Å². The van der Waals surface area contributed by atoms with E-state index in [1.807, 2.05) is 0 Å². The molecule has 2 heterocycles.